The molecule has 0 radical (unpaired) electrons. The lowest BCUT2D eigenvalue weighted by molar-refractivity contribution is -0.121. The molecule has 2 unspecified atom stereocenters. The van der Waals surface area contributed by atoms with Gasteiger partial charge >= 0.3 is 0 Å². The van der Waals surface area contributed by atoms with Crippen LogP contribution >= 0.6 is 0 Å². The van der Waals surface area contributed by atoms with Crippen molar-refractivity contribution in [3.8, 4) is 11.8 Å². The van der Waals surface area contributed by atoms with E-state index in [0.717, 1.165) is 23.2 Å². The van der Waals surface area contributed by atoms with Crippen LogP contribution in [0.4, 0.5) is 5.69 Å². The molecule has 1 aromatic rings. The van der Waals surface area contributed by atoms with Crippen molar-refractivity contribution < 1.29 is 9.53 Å². The minimum Gasteiger partial charge on any atom is -0.378 e. The fourth-order valence-electron chi connectivity index (χ4n) is 2.29. The first kappa shape index (κ1) is 14.6. The number of nitrogens with two attached hydrogens (primary N) is 1. The molecular weight excluding hydrogens is 252 g/mol. The summed E-state index contributed by atoms with van der Waals surface area (Å²) in [6.45, 7) is 4.90. The first-order valence-corrected chi connectivity index (χ1v) is 6.84. The highest BCUT2D eigenvalue weighted by atomic mass is 16.5. The molecule has 0 bridgehead atoms. The summed E-state index contributed by atoms with van der Waals surface area (Å²) in [5.74, 6) is 5.78. The molecule has 1 aliphatic heterocycles. The molecule has 2 rings (SSSR count). The number of rotatable bonds is 2. The third kappa shape index (κ3) is 3.38. The number of nitrogens with one attached hydrogen (secondary N) is 1. The summed E-state index contributed by atoms with van der Waals surface area (Å²) < 4.78 is 5.42. The molecule has 0 aliphatic carbocycles. The van der Waals surface area contributed by atoms with Crippen LogP contribution in [0.1, 0.15) is 24.5 Å². The summed E-state index contributed by atoms with van der Waals surface area (Å²) in [5, 5.41) is 2.94. The number of carbonyl (C=O) groups is 1. The highest BCUT2D eigenvalue weighted by Gasteiger charge is 2.30. The van der Waals surface area contributed by atoms with Gasteiger partial charge in [-0.1, -0.05) is 17.9 Å². The average molecular weight is 272 g/mol. The largest absolute Gasteiger partial charge is 0.378 e. The zero-order chi connectivity index (χ0) is 14.5. The van der Waals surface area contributed by atoms with E-state index in [1.54, 1.807) is 0 Å². The zero-order valence-electron chi connectivity index (χ0n) is 11.9. The van der Waals surface area contributed by atoms with Crippen molar-refractivity contribution >= 4 is 11.6 Å². The first-order valence-electron chi connectivity index (χ1n) is 6.84. The van der Waals surface area contributed by atoms with Crippen LogP contribution in [0.25, 0.3) is 0 Å². The molecule has 20 heavy (non-hydrogen) atoms. The highest BCUT2D eigenvalue weighted by molar-refractivity contribution is 5.93. The number of carbonyl (C=O) groups excluding carboxylic acids is 1. The molecule has 0 saturated carbocycles. The fraction of sp³-hybridized carbons (Fsp3) is 0.438. The Kier molecular flexibility index (Phi) is 4.78. The second kappa shape index (κ2) is 6.56. The summed E-state index contributed by atoms with van der Waals surface area (Å²) >= 11 is 0. The third-order valence-electron chi connectivity index (χ3n) is 3.54. The number of anilines is 1. The molecule has 1 aliphatic rings. The van der Waals surface area contributed by atoms with Gasteiger partial charge in [0.1, 0.15) is 0 Å². The van der Waals surface area contributed by atoms with Crippen LogP contribution in [-0.4, -0.2) is 25.2 Å². The van der Waals surface area contributed by atoms with Gasteiger partial charge in [0.2, 0.25) is 5.91 Å². The summed E-state index contributed by atoms with van der Waals surface area (Å²) in [4.78, 5) is 12.2. The van der Waals surface area contributed by atoms with E-state index >= 15 is 0 Å². The maximum atomic E-state index is 12.2. The van der Waals surface area contributed by atoms with Crippen LogP contribution in [0.15, 0.2) is 18.2 Å². The van der Waals surface area contributed by atoms with Gasteiger partial charge in [-0.2, -0.15) is 0 Å². The Bertz CT molecular complexity index is 557. The fourth-order valence-corrected chi connectivity index (χ4v) is 2.29. The average Bonchev–Trinajstić information content (AvgIpc) is 2.85. The predicted octanol–water partition coefficient (Wildman–Crippen LogP) is 1.67. The molecule has 4 heteroatoms. The second-order valence-electron chi connectivity index (χ2n) is 5.00. The van der Waals surface area contributed by atoms with Crippen molar-refractivity contribution in [1.82, 2.24) is 0 Å². The van der Waals surface area contributed by atoms with Crippen molar-refractivity contribution in [3.05, 3.63) is 29.3 Å². The molecule has 3 N–H and O–H groups in total. The standard InChI is InChI=1S/C16H20N2O2/c1-11-5-6-14(10-13(11)4-3-8-17)18-16(19)15-7-9-20-12(15)2/h5-6,10,12,15H,7-9,17H2,1-2H3,(H,18,19). The van der Waals surface area contributed by atoms with Crippen LogP contribution in [0.2, 0.25) is 0 Å². The predicted molar refractivity (Wildman–Crippen MR) is 79.3 cm³/mol. The number of hydrogen-bond donors (Lipinski definition) is 2. The Morgan fingerprint density at radius 3 is 3.00 bits per heavy atom. The van der Waals surface area contributed by atoms with Gasteiger partial charge in [-0.3, -0.25) is 4.79 Å². The van der Waals surface area contributed by atoms with E-state index in [-0.39, 0.29) is 17.9 Å². The van der Waals surface area contributed by atoms with Crippen molar-refractivity contribution in [2.75, 3.05) is 18.5 Å². The van der Waals surface area contributed by atoms with Gasteiger partial charge < -0.3 is 15.8 Å². The van der Waals surface area contributed by atoms with Gasteiger partial charge in [0.05, 0.1) is 18.6 Å². The van der Waals surface area contributed by atoms with E-state index < -0.39 is 0 Å². The third-order valence-corrected chi connectivity index (χ3v) is 3.54. The molecule has 2 atom stereocenters. The van der Waals surface area contributed by atoms with Crippen LogP contribution in [0, 0.1) is 24.7 Å². The van der Waals surface area contributed by atoms with E-state index in [4.69, 9.17) is 10.5 Å². The SMILES string of the molecule is Cc1ccc(NC(=O)C2CCOC2C)cc1C#CCN. The normalized spacial score (nSPS) is 21.1. The first-order chi connectivity index (χ1) is 9.61. The van der Waals surface area contributed by atoms with Crippen LogP contribution < -0.4 is 11.1 Å². The Morgan fingerprint density at radius 1 is 1.55 bits per heavy atom. The van der Waals surface area contributed by atoms with Gasteiger partial charge in [-0.15, -0.1) is 0 Å². The Labute approximate surface area is 119 Å². The summed E-state index contributed by atoms with van der Waals surface area (Å²) in [6, 6.07) is 5.72. The van der Waals surface area contributed by atoms with Crippen molar-refractivity contribution in [1.29, 1.82) is 0 Å². The Morgan fingerprint density at radius 2 is 2.35 bits per heavy atom. The quantitative estimate of drug-likeness (QED) is 0.805. The molecule has 4 nitrogen and oxygen atoms in total. The molecule has 1 heterocycles. The minimum absolute atomic E-state index is 0.0107. The summed E-state index contributed by atoms with van der Waals surface area (Å²) in [5.41, 5.74) is 8.11. The van der Waals surface area contributed by atoms with Gasteiger partial charge in [-0.25, -0.2) is 0 Å². The molecule has 1 amide bonds. The molecule has 1 aromatic carbocycles. The van der Waals surface area contributed by atoms with E-state index in [1.165, 1.54) is 0 Å². The monoisotopic (exact) mass is 272 g/mol. The maximum absolute atomic E-state index is 12.2. The molecule has 1 fully saturated rings. The number of aryl methyl sites for hydroxylation is 1. The molecule has 106 valence electrons. The van der Waals surface area contributed by atoms with Crippen molar-refractivity contribution in [3.63, 3.8) is 0 Å². The van der Waals surface area contributed by atoms with E-state index in [0.29, 0.717) is 13.2 Å². The number of amides is 1. The number of hydrogen-bond acceptors (Lipinski definition) is 3. The van der Waals surface area contributed by atoms with Gasteiger partial charge in [-0.05, 0) is 38.0 Å². The Balaban J connectivity index is 2.11. The van der Waals surface area contributed by atoms with Gasteiger partial charge in [0, 0.05) is 17.9 Å². The van der Waals surface area contributed by atoms with Crippen molar-refractivity contribution in [2.24, 2.45) is 11.7 Å². The van der Waals surface area contributed by atoms with E-state index in [9.17, 15) is 4.79 Å². The molecular formula is C16H20N2O2. The zero-order valence-corrected chi connectivity index (χ0v) is 11.9. The lowest BCUT2D eigenvalue weighted by Crippen LogP contribution is -2.27. The van der Waals surface area contributed by atoms with E-state index in [2.05, 4.69) is 17.2 Å². The second-order valence-corrected chi connectivity index (χ2v) is 5.00. The van der Waals surface area contributed by atoms with Gasteiger partial charge in [0.25, 0.3) is 0 Å². The van der Waals surface area contributed by atoms with Gasteiger partial charge in [0.15, 0.2) is 0 Å². The molecule has 0 aromatic heterocycles. The minimum atomic E-state index is -0.0742. The highest BCUT2D eigenvalue weighted by Crippen LogP contribution is 2.23. The van der Waals surface area contributed by atoms with Crippen molar-refractivity contribution in [2.45, 2.75) is 26.4 Å². The Hall–Kier alpha value is -1.83. The molecule has 0 spiro atoms. The van der Waals surface area contributed by atoms with Crippen LogP contribution in [0.5, 0.6) is 0 Å². The lowest BCUT2D eigenvalue weighted by Gasteiger charge is -2.14. The summed E-state index contributed by atoms with van der Waals surface area (Å²) in [6.07, 6.45) is 0.760. The number of ether oxygens (including phenoxy) is 1. The number of benzene rings is 1. The topological polar surface area (TPSA) is 64.3 Å². The molecule has 1 saturated heterocycles. The lowest BCUT2D eigenvalue weighted by atomic mass is 10.0. The van der Waals surface area contributed by atoms with Crippen LogP contribution in [0.3, 0.4) is 0 Å². The summed E-state index contributed by atoms with van der Waals surface area (Å²) in [7, 11) is 0. The van der Waals surface area contributed by atoms with Crippen LogP contribution in [-0.2, 0) is 9.53 Å². The smallest absolute Gasteiger partial charge is 0.230 e. The maximum Gasteiger partial charge on any atom is 0.230 e. The van der Waals surface area contributed by atoms with E-state index in [1.807, 2.05) is 32.0 Å².